The van der Waals surface area contributed by atoms with Crippen molar-refractivity contribution in [1.82, 2.24) is 14.0 Å². The first-order valence-electron chi connectivity index (χ1n) is 6.73. The minimum atomic E-state index is -3.39. The van der Waals surface area contributed by atoms with Crippen molar-refractivity contribution < 1.29 is 8.42 Å². The van der Waals surface area contributed by atoms with Crippen LogP contribution in [0.25, 0.3) is 0 Å². The van der Waals surface area contributed by atoms with E-state index in [0.717, 1.165) is 24.1 Å². The highest BCUT2D eigenvalue weighted by Crippen LogP contribution is 2.19. The number of rotatable bonds is 5. The van der Waals surface area contributed by atoms with E-state index in [1.807, 2.05) is 26.0 Å². The number of nitrogens with zero attached hydrogens (tertiary/aromatic N) is 2. The van der Waals surface area contributed by atoms with Crippen LogP contribution in [0.2, 0.25) is 0 Å². The minimum Gasteiger partial charge on any atom is -0.259 e. The monoisotopic (exact) mass is 283 g/mol. The second-order valence-corrected chi connectivity index (χ2v) is 6.65. The van der Waals surface area contributed by atoms with E-state index < -0.39 is 10.2 Å². The van der Waals surface area contributed by atoms with Crippen molar-refractivity contribution in [2.24, 2.45) is 0 Å². The van der Waals surface area contributed by atoms with E-state index >= 15 is 0 Å². The Hall–Kier alpha value is -0.980. The number of nitrogens with one attached hydrogen (secondary N) is 1. The molecule has 1 unspecified atom stereocenters. The van der Waals surface area contributed by atoms with Crippen molar-refractivity contribution >= 4 is 10.2 Å². The van der Waals surface area contributed by atoms with Crippen molar-refractivity contribution in [3.63, 3.8) is 0 Å². The van der Waals surface area contributed by atoms with Crippen LogP contribution >= 0.6 is 0 Å². The summed E-state index contributed by atoms with van der Waals surface area (Å²) in [6.07, 6.45) is 4.34. The maximum Gasteiger partial charge on any atom is 0.280 e. The smallest absolute Gasteiger partial charge is 0.259 e. The van der Waals surface area contributed by atoms with Crippen molar-refractivity contribution in [1.29, 1.82) is 0 Å². The van der Waals surface area contributed by atoms with E-state index in [9.17, 15) is 8.42 Å². The maximum absolute atomic E-state index is 12.2. The molecule has 19 heavy (non-hydrogen) atoms. The van der Waals surface area contributed by atoms with Crippen molar-refractivity contribution in [3.05, 3.63) is 29.6 Å². The standard InChI is InChI=1S/C13H21N3O2S/c1-3-12(13-7-6-11(2)10-14-13)15-19(17,18)16-8-4-5-9-16/h6-7,10,12,15H,3-5,8-9H2,1-2H3. The predicted octanol–water partition coefficient (Wildman–Crippen LogP) is 1.77. The summed E-state index contributed by atoms with van der Waals surface area (Å²) >= 11 is 0. The summed E-state index contributed by atoms with van der Waals surface area (Å²) in [6.45, 7) is 5.16. The Kier molecular flexibility index (Phi) is 4.54. The molecule has 1 N–H and O–H groups in total. The average Bonchev–Trinajstić information content (AvgIpc) is 2.92. The van der Waals surface area contributed by atoms with Crippen LogP contribution in [0.4, 0.5) is 0 Å². The van der Waals surface area contributed by atoms with E-state index in [1.54, 1.807) is 6.20 Å². The molecule has 1 saturated heterocycles. The summed E-state index contributed by atoms with van der Waals surface area (Å²) in [5, 5.41) is 0. The molecular weight excluding hydrogens is 262 g/mol. The topological polar surface area (TPSA) is 62.3 Å². The maximum atomic E-state index is 12.2. The number of pyridine rings is 1. The van der Waals surface area contributed by atoms with Gasteiger partial charge in [0.25, 0.3) is 10.2 Å². The fourth-order valence-electron chi connectivity index (χ4n) is 2.22. The molecule has 1 aromatic heterocycles. The van der Waals surface area contributed by atoms with Gasteiger partial charge in [-0.15, -0.1) is 0 Å². The summed E-state index contributed by atoms with van der Waals surface area (Å²) < 4.78 is 28.7. The summed E-state index contributed by atoms with van der Waals surface area (Å²) in [6, 6.07) is 3.58. The van der Waals surface area contributed by atoms with E-state index in [0.29, 0.717) is 19.5 Å². The molecule has 6 heteroatoms. The van der Waals surface area contributed by atoms with Gasteiger partial charge >= 0.3 is 0 Å². The SMILES string of the molecule is CCC(NS(=O)(=O)N1CCCC1)c1ccc(C)cn1. The first-order chi connectivity index (χ1) is 9.03. The van der Waals surface area contributed by atoms with Gasteiger partial charge in [0, 0.05) is 19.3 Å². The molecule has 2 rings (SSSR count). The zero-order valence-corrected chi connectivity index (χ0v) is 12.3. The minimum absolute atomic E-state index is 0.258. The second-order valence-electron chi connectivity index (χ2n) is 4.95. The van der Waals surface area contributed by atoms with Gasteiger partial charge < -0.3 is 0 Å². The summed E-state index contributed by atoms with van der Waals surface area (Å²) in [4.78, 5) is 4.31. The van der Waals surface area contributed by atoms with Crippen LogP contribution in [-0.2, 0) is 10.2 Å². The average molecular weight is 283 g/mol. The molecule has 1 aromatic rings. The lowest BCUT2D eigenvalue weighted by Gasteiger charge is -2.21. The third-order valence-corrected chi connectivity index (χ3v) is 5.02. The van der Waals surface area contributed by atoms with Crippen LogP contribution in [0.3, 0.4) is 0 Å². The van der Waals surface area contributed by atoms with E-state index in [4.69, 9.17) is 0 Å². The number of aryl methyl sites for hydroxylation is 1. The Morgan fingerprint density at radius 1 is 1.37 bits per heavy atom. The van der Waals surface area contributed by atoms with Gasteiger partial charge in [0.1, 0.15) is 0 Å². The Labute approximate surface area is 115 Å². The van der Waals surface area contributed by atoms with Crippen LogP contribution in [0.15, 0.2) is 18.3 Å². The zero-order chi connectivity index (χ0) is 13.9. The fourth-order valence-corrected chi connectivity index (χ4v) is 3.76. The van der Waals surface area contributed by atoms with E-state index in [1.165, 1.54) is 4.31 Å². The van der Waals surface area contributed by atoms with Gasteiger partial charge in [-0.05, 0) is 37.8 Å². The summed E-state index contributed by atoms with van der Waals surface area (Å²) in [5.74, 6) is 0. The fraction of sp³-hybridized carbons (Fsp3) is 0.615. The lowest BCUT2D eigenvalue weighted by Crippen LogP contribution is -2.40. The first kappa shape index (κ1) is 14.4. The van der Waals surface area contributed by atoms with E-state index in [2.05, 4.69) is 9.71 Å². The van der Waals surface area contributed by atoms with E-state index in [-0.39, 0.29) is 6.04 Å². The number of hydrogen-bond donors (Lipinski definition) is 1. The molecule has 0 amide bonds. The lowest BCUT2D eigenvalue weighted by atomic mass is 10.1. The highest BCUT2D eigenvalue weighted by molar-refractivity contribution is 7.87. The Morgan fingerprint density at radius 3 is 2.58 bits per heavy atom. The Morgan fingerprint density at radius 2 is 2.05 bits per heavy atom. The van der Waals surface area contributed by atoms with Gasteiger partial charge in [-0.1, -0.05) is 13.0 Å². The van der Waals surface area contributed by atoms with Crippen molar-refractivity contribution in [2.75, 3.05) is 13.1 Å². The normalized spacial score (nSPS) is 18.6. The van der Waals surface area contributed by atoms with Crippen molar-refractivity contribution in [3.8, 4) is 0 Å². The zero-order valence-electron chi connectivity index (χ0n) is 11.5. The summed E-state index contributed by atoms with van der Waals surface area (Å²) in [5.41, 5.74) is 1.84. The molecule has 2 heterocycles. The van der Waals surface area contributed by atoms with Crippen LogP contribution in [-0.4, -0.2) is 30.8 Å². The molecule has 1 aliphatic heterocycles. The van der Waals surface area contributed by atoms with Gasteiger partial charge in [0.05, 0.1) is 11.7 Å². The van der Waals surface area contributed by atoms with Gasteiger partial charge in [-0.2, -0.15) is 17.4 Å². The quantitative estimate of drug-likeness (QED) is 0.896. The Balaban J connectivity index is 2.12. The Bertz CT molecular complexity index is 507. The molecule has 0 aromatic carbocycles. The molecule has 1 atom stereocenters. The molecular formula is C13H21N3O2S. The van der Waals surface area contributed by atoms with Crippen LogP contribution in [0.1, 0.15) is 43.5 Å². The molecule has 1 aliphatic rings. The molecule has 106 valence electrons. The molecule has 0 spiro atoms. The molecule has 1 fully saturated rings. The second kappa shape index (κ2) is 5.98. The molecule has 5 nitrogen and oxygen atoms in total. The highest BCUT2D eigenvalue weighted by atomic mass is 32.2. The molecule has 0 radical (unpaired) electrons. The predicted molar refractivity (Wildman–Crippen MR) is 74.9 cm³/mol. The first-order valence-corrected chi connectivity index (χ1v) is 8.17. The van der Waals surface area contributed by atoms with Gasteiger partial charge in [-0.3, -0.25) is 4.98 Å². The molecule has 0 bridgehead atoms. The van der Waals surface area contributed by atoms with Gasteiger partial charge in [0.15, 0.2) is 0 Å². The number of hydrogen-bond acceptors (Lipinski definition) is 3. The molecule has 0 aliphatic carbocycles. The van der Waals surface area contributed by atoms with Gasteiger partial charge in [-0.25, -0.2) is 0 Å². The summed E-state index contributed by atoms with van der Waals surface area (Å²) in [7, 11) is -3.39. The molecule has 0 saturated carbocycles. The third-order valence-electron chi connectivity index (χ3n) is 3.40. The van der Waals surface area contributed by atoms with Crippen LogP contribution in [0.5, 0.6) is 0 Å². The van der Waals surface area contributed by atoms with Crippen molar-refractivity contribution in [2.45, 2.75) is 39.2 Å². The van der Waals surface area contributed by atoms with Crippen LogP contribution < -0.4 is 4.72 Å². The van der Waals surface area contributed by atoms with Crippen LogP contribution in [0, 0.1) is 6.92 Å². The number of aromatic nitrogens is 1. The third kappa shape index (κ3) is 3.52. The largest absolute Gasteiger partial charge is 0.280 e. The highest BCUT2D eigenvalue weighted by Gasteiger charge is 2.28. The lowest BCUT2D eigenvalue weighted by molar-refractivity contribution is 0.449. The van der Waals surface area contributed by atoms with Gasteiger partial charge in [0.2, 0.25) is 0 Å².